The molecule has 1 N–H and O–H groups in total. The van der Waals surface area contributed by atoms with E-state index >= 15 is 0 Å². The highest BCUT2D eigenvalue weighted by atomic mass is 19.1. The van der Waals surface area contributed by atoms with Gasteiger partial charge in [0.05, 0.1) is 12.5 Å². The van der Waals surface area contributed by atoms with Crippen LogP contribution in [0.3, 0.4) is 0 Å². The third-order valence-electron chi connectivity index (χ3n) is 2.18. The molecule has 1 aromatic carbocycles. The molecule has 1 unspecified atom stereocenters. The smallest absolute Gasteiger partial charge is 0.222 e. The Morgan fingerprint density at radius 1 is 1.47 bits per heavy atom. The van der Waals surface area contributed by atoms with Gasteiger partial charge in [-0.1, -0.05) is 12.1 Å². The average molecular weight is 211 g/mol. The number of nitrogens with one attached hydrogen (secondary N) is 1. The summed E-state index contributed by atoms with van der Waals surface area (Å²) in [5.41, 5.74) is 0.794. The summed E-state index contributed by atoms with van der Waals surface area (Å²) < 4.78 is 17.8. The zero-order valence-corrected chi connectivity index (χ0v) is 8.79. The monoisotopic (exact) mass is 211 g/mol. The first-order valence-corrected chi connectivity index (χ1v) is 4.66. The van der Waals surface area contributed by atoms with Crippen LogP contribution in [-0.4, -0.2) is 20.1 Å². The van der Waals surface area contributed by atoms with Crippen molar-refractivity contribution in [1.82, 2.24) is 5.32 Å². The van der Waals surface area contributed by atoms with Crippen LogP contribution in [-0.2, 0) is 9.53 Å². The number of carbonyl (C=O) groups is 1. The zero-order chi connectivity index (χ0) is 11.3. The van der Waals surface area contributed by atoms with E-state index in [0.29, 0.717) is 0 Å². The molecule has 0 bridgehead atoms. The molecule has 0 aliphatic carbocycles. The Morgan fingerprint density at radius 2 is 2.07 bits per heavy atom. The molecular weight excluding hydrogens is 197 g/mol. The second-order valence-electron chi connectivity index (χ2n) is 3.15. The quantitative estimate of drug-likeness (QED) is 0.822. The highest BCUT2D eigenvalue weighted by Gasteiger charge is 2.14. The number of ether oxygens (including phenoxy) is 1. The standard InChI is InChI=1S/C11H14FNO2/c1-13-11(14)7-10(15-2)8-3-5-9(12)6-4-8/h3-6,10H,7H2,1-2H3,(H,13,14). The Bertz CT molecular complexity index is 324. The topological polar surface area (TPSA) is 38.3 Å². The molecule has 3 nitrogen and oxygen atoms in total. The van der Waals surface area contributed by atoms with Crippen molar-refractivity contribution in [2.75, 3.05) is 14.2 Å². The maximum absolute atomic E-state index is 12.7. The van der Waals surface area contributed by atoms with Gasteiger partial charge in [-0.15, -0.1) is 0 Å². The molecule has 0 saturated carbocycles. The maximum Gasteiger partial charge on any atom is 0.222 e. The Balaban J connectivity index is 2.74. The van der Waals surface area contributed by atoms with Crippen molar-refractivity contribution in [2.45, 2.75) is 12.5 Å². The molecule has 1 atom stereocenters. The Hall–Kier alpha value is -1.42. The van der Waals surface area contributed by atoms with Gasteiger partial charge in [0, 0.05) is 14.2 Å². The van der Waals surface area contributed by atoms with Crippen LogP contribution < -0.4 is 5.32 Å². The van der Waals surface area contributed by atoms with Gasteiger partial charge in [-0.25, -0.2) is 4.39 Å². The van der Waals surface area contributed by atoms with E-state index in [9.17, 15) is 9.18 Å². The first-order chi connectivity index (χ1) is 7.17. The van der Waals surface area contributed by atoms with Gasteiger partial charge < -0.3 is 10.1 Å². The van der Waals surface area contributed by atoms with Gasteiger partial charge in [0.2, 0.25) is 5.91 Å². The fourth-order valence-electron chi connectivity index (χ4n) is 1.29. The van der Waals surface area contributed by atoms with E-state index in [2.05, 4.69) is 5.32 Å². The van der Waals surface area contributed by atoms with E-state index in [-0.39, 0.29) is 24.2 Å². The molecule has 1 amide bonds. The van der Waals surface area contributed by atoms with Crippen LogP contribution >= 0.6 is 0 Å². The van der Waals surface area contributed by atoms with Gasteiger partial charge in [-0.2, -0.15) is 0 Å². The summed E-state index contributed by atoms with van der Waals surface area (Å²) >= 11 is 0. The maximum atomic E-state index is 12.7. The van der Waals surface area contributed by atoms with E-state index in [4.69, 9.17) is 4.74 Å². The van der Waals surface area contributed by atoms with Gasteiger partial charge in [0.1, 0.15) is 5.82 Å². The van der Waals surface area contributed by atoms with Crippen LogP contribution in [0, 0.1) is 5.82 Å². The van der Waals surface area contributed by atoms with Gasteiger partial charge in [-0.3, -0.25) is 4.79 Å². The van der Waals surface area contributed by atoms with Crippen molar-refractivity contribution in [2.24, 2.45) is 0 Å². The molecular formula is C11H14FNO2. The second kappa shape index (κ2) is 5.46. The van der Waals surface area contributed by atoms with Crippen LogP contribution in [0.5, 0.6) is 0 Å². The minimum atomic E-state index is -0.328. The van der Waals surface area contributed by atoms with Gasteiger partial charge >= 0.3 is 0 Å². The Labute approximate surface area is 88.2 Å². The molecule has 4 heteroatoms. The highest BCUT2D eigenvalue weighted by molar-refractivity contribution is 5.76. The van der Waals surface area contributed by atoms with Crippen LogP contribution in [0.2, 0.25) is 0 Å². The van der Waals surface area contributed by atoms with E-state index in [1.54, 1.807) is 19.2 Å². The van der Waals surface area contributed by atoms with Gasteiger partial charge in [0.15, 0.2) is 0 Å². The number of methoxy groups -OCH3 is 1. The molecule has 82 valence electrons. The number of carbonyl (C=O) groups excluding carboxylic acids is 1. The summed E-state index contributed by atoms with van der Waals surface area (Å²) in [5, 5.41) is 2.52. The summed E-state index contributed by atoms with van der Waals surface area (Å²) in [6, 6.07) is 5.94. The molecule has 1 rings (SSSR count). The molecule has 0 aliphatic heterocycles. The number of hydrogen-bond donors (Lipinski definition) is 1. The fourth-order valence-corrected chi connectivity index (χ4v) is 1.29. The number of amides is 1. The van der Waals surface area contributed by atoms with Crippen LogP contribution in [0.25, 0.3) is 0 Å². The van der Waals surface area contributed by atoms with E-state index in [1.807, 2.05) is 0 Å². The third kappa shape index (κ3) is 3.32. The molecule has 1 aromatic rings. The summed E-state index contributed by atoms with van der Waals surface area (Å²) in [4.78, 5) is 11.2. The number of hydrogen-bond acceptors (Lipinski definition) is 2. The second-order valence-corrected chi connectivity index (χ2v) is 3.15. The number of benzene rings is 1. The van der Waals surface area contributed by atoms with Crippen LogP contribution in [0.1, 0.15) is 18.1 Å². The van der Waals surface area contributed by atoms with Crippen molar-refractivity contribution in [3.63, 3.8) is 0 Å². The first kappa shape index (κ1) is 11.7. The molecule has 0 radical (unpaired) electrons. The lowest BCUT2D eigenvalue weighted by Crippen LogP contribution is -2.21. The first-order valence-electron chi connectivity index (χ1n) is 4.66. The largest absolute Gasteiger partial charge is 0.376 e. The van der Waals surface area contributed by atoms with Crippen molar-refractivity contribution >= 4 is 5.91 Å². The molecule has 0 aromatic heterocycles. The average Bonchev–Trinajstić information content (AvgIpc) is 2.27. The zero-order valence-electron chi connectivity index (χ0n) is 8.79. The van der Waals surface area contributed by atoms with Crippen LogP contribution in [0.4, 0.5) is 4.39 Å². The van der Waals surface area contributed by atoms with Crippen LogP contribution in [0.15, 0.2) is 24.3 Å². The summed E-state index contributed by atoms with van der Waals surface area (Å²) in [7, 11) is 3.09. The Morgan fingerprint density at radius 3 is 2.53 bits per heavy atom. The molecule has 0 fully saturated rings. The number of halogens is 1. The molecule has 0 spiro atoms. The predicted octanol–water partition coefficient (Wildman–Crippen LogP) is 1.65. The number of rotatable bonds is 4. The lowest BCUT2D eigenvalue weighted by atomic mass is 10.1. The molecule has 0 aliphatic rings. The van der Waals surface area contributed by atoms with Gasteiger partial charge in [-0.05, 0) is 17.7 Å². The SMILES string of the molecule is CNC(=O)CC(OC)c1ccc(F)cc1. The summed E-state index contributed by atoms with van der Waals surface area (Å²) in [6.07, 6.45) is -0.0934. The minimum Gasteiger partial charge on any atom is -0.376 e. The third-order valence-corrected chi connectivity index (χ3v) is 2.18. The highest BCUT2D eigenvalue weighted by Crippen LogP contribution is 2.20. The predicted molar refractivity (Wildman–Crippen MR) is 54.8 cm³/mol. The summed E-state index contributed by atoms with van der Waals surface area (Å²) in [6.45, 7) is 0. The van der Waals surface area contributed by atoms with E-state index < -0.39 is 0 Å². The normalized spacial score (nSPS) is 12.2. The van der Waals surface area contributed by atoms with Gasteiger partial charge in [0.25, 0.3) is 0 Å². The van der Waals surface area contributed by atoms with Crippen molar-refractivity contribution < 1.29 is 13.9 Å². The van der Waals surface area contributed by atoms with Crippen molar-refractivity contribution in [3.05, 3.63) is 35.6 Å². The fraction of sp³-hybridized carbons (Fsp3) is 0.364. The molecule has 15 heavy (non-hydrogen) atoms. The lowest BCUT2D eigenvalue weighted by Gasteiger charge is -2.14. The lowest BCUT2D eigenvalue weighted by molar-refractivity contribution is -0.123. The van der Waals surface area contributed by atoms with E-state index in [1.165, 1.54) is 19.2 Å². The molecule has 0 saturated heterocycles. The Kier molecular flexibility index (Phi) is 4.24. The van der Waals surface area contributed by atoms with Crippen molar-refractivity contribution in [1.29, 1.82) is 0 Å². The van der Waals surface area contributed by atoms with E-state index in [0.717, 1.165) is 5.56 Å². The summed E-state index contributed by atoms with van der Waals surface area (Å²) in [5.74, 6) is -0.403. The molecule has 0 heterocycles. The minimum absolute atomic E-state index is 0.105. The van der Waals surface area contributed by atoms with Crippen molar-refractivity contribution in [3.8, 4) is 0 Å².